The van der Waals surface area contributed by atoms with Gasteiger partial charge in [-0.3, -0.25) is 0 Å². The Morgan fingerprint density at radius 1 is 0.375 bits per heavy atom. The van der Waals surface area contributed by atoms with Crippen LogP contribution in [0.2, 0.25) is 0 Å². The molecule has 0 aliphatic carbocycles. The average molecular weight is 702 g/mol. The molecule has 0 fully saturated rings. The molecule has 0 amide bonds. The maximum Gasteiger partial charge on any atom is 0.249 e. The lowest BCUT2D eigenvalue weighted by Gasteiger charge is -2.37. The molecule has 4 heteroatoms. The Labute approximate surface area is 323 Å². The van der Waals surface area contributed by atoms with Crippen LogP contribution in [0, 0.1) is 0 Å². The zero-order valence-corrected chi connectivity index (χ0v) is 30.2. The number of anilines is 3. The number of fused-ring (bicyclic) bond motifs is 16. The van der Waals surface area contributed by atoms with Gasteiger partial charge >= 0.3 is 0 Å². The normalized spacial score (nSPS) is 14.0. The van der Waals surface area contributed by atoms with Crippen molar-refractivity contribution in [3.63, 3.8) is 0 Å². The lowest BCUT2D eigenvalue weighted by atomic mass is 9.36. The van der Waals surface area contributed by atoms with Crippen LogP contribution in [-0.2, 0) is 0 Å². The second kappa shape index (κ2) is 9.60. The molecule has 0 atom stereocenters. The fourth-order valence-electron chi connectivity index (χ4n) is 12.0. The summed E-state index contributed by atoms with van der Waals surface area (Å²) in [5, 5.41) is 10.7. The number of para-hydroxylation sites is 2. The Kier molecular flexibility index (Phi) is 4.87. The van der Waals surface area contributed by atoms with Crippen LogP contribution in [-0.4, -0.2) is 18.0 Å². The zero-order chi connectivity index (χ0) is 36.0. The summed E-state index contributed by atoms with van der Waals surface area (Å²) in [5.41, 5.74) is 21.7. The Bertz CT molecular complexity index is 3620. The predicted molar refractivity (Wildman–Crippen MR) is 239 cm³/mol. The first-order valence-electron chi connectivity index (χ1n) is 19.8. The van der Waals surface area contributed by atoms with Crippen molar-refractivity contribution >= 4 is 117 Å². The molecular formula is C52H28B2N2. The second-order valence-corrected chi connectivity index (χ2v) is 16.3. The highest BCUT2D eigenvalue weighted by Crippen LogP contribution is 2.47. The molecule has 0 N–H and O–H groups in total. The molecule has 0 unspecified atom stereocenters. The first-order chi connectivity index (χ1) is 27.8. The van der Waals surface area contributed by atoms with Crippen molar-refractivity contribution < 1.29 is 0 Å². The molecule has 4 aliphatic rings. The summed E-state index contributed by atoms with van der Waals surface area (Å²) in [6.45, 7) is 0.342. The molecule has 4 aliphatic heterocycles. The van der Waals surface area contributed by atoms with Crippen LogP contribution >= 0.6 is 0 Å². The molecular weight excluding hydrogens is 674 g/mol. The number of benzene rings is 10. The maximum atomic E-state index is 2.63. The summed E-state index contributed by atoms with van der Waals surface area (Å²) >= 11 is 0. The molecule has 15 rings (SSSR count). The monoisotopic (exact) mass is 702 g/mol. The zero-order valence-electron chi connectivity index (χ0n) is 30.2. The van der Waals surface area contributed by atoms with E-state index >= 15 is 0 Å². The summed E-state index contributed by atoms with van der Waals surface area (Å²) in [7, 11) is 0. The molecule has 0 saturated carbocycles. The van der Waals surface area contributed by atoms with E-state index in [2.05, 4.69) is 179 Å². The Morgan fingerprint density at radius 3 is 1.89 bits per heavy atom. The van der Waals surface area contributed by atoms with Crippen LogP contribution in [0.4, 0.5) is 17.1 Å². The highest BCUT2D eigenvalue weighted by atomic mass is 15.2. The van der Waals surface area contributed by atoms with E-state index in [0.717, 1.165) is 0 Å². The quantitative estimate of drug-likeness (QED) is 0.123. The van der Waals surface area contributed by atoms with Crippen molar-refractivity contribution in [2.24, 2.45) is 0 Å². The number of nitrogens with zero attached hydrogens (tertiary/aromatic N) is 2. The third-order valence-electron chi connectivity index (χ3n) is 13.9. The topological polar surface area (TPSA) is 8.17 Å². The van der Waals surface area contributed by atoms with Crippen molar-refractivity contribution in [2.75, 3.05) is 4.90 Å². The minimum atomic E-state index is 0.152. The van der Waals surface area contributed by atoms with Gasteiger partial charge in [0.1, 0.15) is 0 Å². The summed E-state index contributed by atoms with van der Waals surface area (Å²) in [5.74, 6) is 0. The van der Waals surface area contributed by atoms with Gasteiger partial charge in [-0.1, -0.05) is 150 Å². The van der Waals surface area contributed by atoms with Gasteiger partial charge < -0.3 is 9.47 Å². The molecule has 0 spiro atoms. The van der Waals surface area contributed by atoms with E-state index in [4.69, 9.17) is 0 Å². The lowest BCUT2D eigenvalue weighted by Crippen LogP contribution is -2.55. The fraction of sp³-hybridized carbons (Fsp3) is 0. The van der Waals surface area contributed by atoms with Crippen molar-refractivity contribution in [1.29, 1.82) is 0 Å². The van der Waals surface area contributed by atoms with Crippen molar-refractivity contribution in [2.45, 2.75) is 0 Å². The molecule has 252 valence electrons. The molecule has 0 bridgehead atoms. The van der Waals surface area contributed by atoms with Gasteiger partial charge in [0.25, 0.3) is 0 Å². The standard InChI is InChI=1S/C52H28B2N2/c1-2-11-31(12-3-1)55-44-20-10-16-35-32-13-5-8-18-41(32)54(48(35)44)49-38-23-21-29-27-42-51(39-24-22-30(28-45(49)55)46(38)47(29)39)56-43-19-9-6-15-34(43)37-26-25-36-33-14-4-7-17-40(33)53(42)50(36)52(37)56/h1-28H. The number of rotatable bonds is 1. The van der Waals surface area contributed by atoms with Crippen LogP contribution in [0.15, 0.2) is 170 Å². The number of aromatic nitrogens is 1. The van der Waals surface area contributed by atoms with Crippen LogP contribution in [0.3, 0.4) is 0 Å². The summed E-state index contributed by atoms with van der Waals surface area (Å²) in [6.07, 6.45) is 0. The maximum absolute atomic E-state index is 2.63. The summed E-state index contributed by atoms with van der Waals surface area (Å²) < 4.78 is 2.63. The molecule has 0 radical (unpaired) electrons. The third-order valence-corrected chi connectivity index (χ3v) is 13.9. The van der Waals surface area contributed by atoms with Gasteiger partial charge in [0.2, 0.25) is 13.4 Å². The second-order valence-electron chi connectivity index (χ2n) is 16.3. The van der Waals surface area contributed by atoms with Crippen molar-refractivity contribution in [1.82, 2.24) is 4.57 Å². The molecule has 0 saturated heterocycles. The minimum Gasteiger partial charge on any atom is -0.311 e. The van der Waals surface area contributed by atoms with Crippen LogP contribution in [0.1, 0.15) is 0 Å². The first-order valence-corrected chi connectivity index (χ1v) is 19.8. The Morgan fingerprint density at radius 2 is 1.04 bits per heavy atom. The van der Waals surface area contributed by atoms with Gasteiger partial charge in [-0.05, 0) is 101 Å². The third kappa shape index (κ3) is 3.10. The van der Waals surface area contributed by atoms with Gasteiger partial charge in [-0.25, -0.2) is 0 Å². The number of hydrogen-bond donors (Lipinski definition) is 0. The van der Waals surface area contributed by atoms with Gasteiger partial charge in [0.15, 0.2) is 0 Å². The van der Waals surface area contributed by atoms with Crippen LogP contribution < -0.4 is 37.7 Å². The fourth-order valence-corrected chi connectivity index (χ4v) is 12.0. The van der Waals surface area contributed by atoms with Gasteiger partial charge in [0.05, 0.1) is 5.52 Å². The van der Waals surface area contributed by atoms with Crippen LogP contribution in [0.25, 0.3) is 82.1 Å². The van der Waals surface area contributed by atoms with E-state index in [-0.39, 0.29) is 13.4 Å². The highest BCUT2D eigenvalue weighted by Gasteiger charge is 2.45. The van der Waals surface area contributed by atoms with Gasteiger partial charge in [0, 0.05) is 44.4 Å². The minimum absolute atomic E-state index is 0.152. The molecule has 10 aromatic carbocycles. The SMILES string of the molecule is c1ccc(N2c3cccc4c3B(c3ccccc3-4)c3c2cc2ccc4c5c(cc6ccc3c2c64)B2c3ccccc3-c3ccc4c6ccccc6n-5c4c32)cc1. The van der Waals surface area contributed by atoms with Crippen molar-refractivity contribution in [3.8, 4) is 27.9 Å². The van der Waals surface area contributed by atoms with E-state index in [9.17, 15) is 0 Å². The van der Waals surface area contributed by atoms with Gasteiger partial charge in [-0.15, -0.1) is 0 Å². The van der Waals surface area contributed by atoms with Gasteiger partial charge in [-0.2, -0.15) is 0 Å². The average Bonchev–Trinajstić information content (AvgIpc) is 3.90. The summed E-state index contributed by atoms with van der Waals surface area (Å²) in [6, 6.07) is 64.7. The molecule has 1 aromatic heterocycles. The lowest BCUT2D eigenvalue weighted by molar-refractivity contribution is 1.21. The molecule has 5 heterocycles. The molecule has 56 heavy (non-hydrogen) atoms. The van der Waals surface area contributed by atoms with E-state index in [1.807, 2.05) is 0 Å². The van der Waals surface area contributed by atoms with E-state index in [1.165, 1.54) is 132 Å². The summed E-state index contributed by atoms with van der Waals surface area (Å²) in [4.78, 5) is 2.53. The Hall–Kier alpha value is -7.03. The first kappa shape index (κ1) is 28.4. The molecule has 2 nitrogen and oxygen atoms in total. The number of hydrogen-bond acceptors (Lipinski definition) is 1. The van der Waals surface area contributed by atoms with E-state index in [1.54, 1.807) is 0 Å². The van der Waals surface area contributed by atoms with E-state index in [0.29, 0.717) is 0 Å². The van der Waals surface area contributed by atoms with Crippen molar-refractivity contribution in [3.05, 3.63) is 170 Å². The van der Waals surface area contributed by atoms with E-state index < -0.39 is 0 Å². The largest absolute Gasteiger partial charge is 0.311 e. The predicted octanol–water partition coefficient (Wildman–Crippen LogP) is 8.77. The molecule has 11 aromatic rings. The Balaban J connectivity index is 1.11. The smallest absolute Gasteiger partial charge is 0.249 e. The van der Waals surface area contributed by atoms with Crippen LogP contribution in [0.5, 0.6) is 0 Å². The highest BCUT2D eigenvalue weighted by molar-refractivity contribution is 7.03.